The van der Waals surface area contributed by atoms with Crippen LogP contribution < -0.4 is 16.1 Å². The molecule has 39 heavy (non-hydrogen) atoms. The summed E-state index contributed by atoms with van der Waals surface area (Å²) in [5.41, 5.74) is -4.06. The molecule has 2 aliphatic rings. The zero-order valence-corrected chi connectivity index (χ0v) is 22.7. The fourth-order valence-electron chi connectivity index (χ4n) is 4.59. The zero-order valence-electron chi connectivity index (χ0n) is 21.7. The number of nitrogens with zero attached hydrogens (tertiary/aromatic N) is 2. The van der Waals surface area contributed by atoms with Gasteiger partial charge in [-0.15, -0.1) is 0 Å². The van der Waals surface area contributed by atoms with Crippen LogP contribution in [0, 0.1) is 0 Å². The lowest BCUT2D eigenvalue weighted by molar-refractivity contribution is -0.162. The molecule has 2 fully saturated rings. The zero-order chi connectivity index (χ0) is 28.2. The van der Waals surface area contributed by atoms with E-state index in [2.05, 4.69) is 0 Å². The highest BCUT2D eigenvalue weighted by atomic mass is 31.1. The van der Waals surface area contributed by atoms with Crippen molar-refractivity contribution >= 4 is 14.1 Å². The first-order valence-electron chi connectivity index (χ1n) is 12.8. The number of nitrogens with one attached hydrogen (secondary N) is 1. The molecule has 1 aromatic heterocycles. The number of halogens is 1. The van der Waals surface area contributed by atoms with Gasteiger partial charge in [0.15, 0.2) is 11.9 Å². The molecule has 1 saturated heterocycles. The summed E-state index contributed by atoms with van der Waals surface area (Å²) in [6.45, 7) is 1.96. The Kier molecular flexibility index (Phi) is 9.39. The van der Waals surface area contributed by atoms with E-state index in [-0.39, 0.29) is 6.10 Å². The Morgan fingerprint density at radius 1 is 1.26 bits per heavy atom. The molecule has 0 bridgehead atoms. The van der Waals surface area contributed by atoms with Gasteiger partial charge in [-0.05, 0) is 51.7 Å². The number of aliphatic hydroxyl groups excluding tert-OH is 1. The number of benzene rings is 1. The summed E-state index contributed by atoms with van der Waals surface area (Å²) < 4.78 is 46.2. The molecular weight excluding hydrogens is 536 g/mol. The largest absolute Gasteiger partial charge is 0.461 e. The van der Waals surface area contributed by atoms with Crippen molar-refractivity contribution in [3.05, 3.63) is 63.4 Å². The summed E-state index contributed by atoms with van der Waals surface area (Å²) in [4.78, 5) is 45.1. The molecule has 0 amide bonds. The molecule has 12 nitrogen and oxygen atoms in total. The molecule has 2 heterocycles. The van der Waals surface area contributed by atoms with Crippen molar-refractivity contribution in [2.75, 3.05) is 6.61 Å². The Hall–Kier alpha value is -2.83. The van der Waals surface area contributed by atoms with Crippen molar-refractivity contribution in [1.82, 2.24) is 14.4 Å². The number of H-pyrrole nitrogens is 1. The molecule has 6 atom stereocenters. The summed E-state index contributed by atoms with van der Waals surface area (Å²) in [5.74, 6) is -0.339. The minimum atomic E-state index is -3.32. The average Bonchev–Trinajstić information content (AvgIpc) is 3.14. The number of carbonyl (C=O) groups is 1. The quantitative estimate of drug-likeness (QED) is 0.248. The third-order valence-corrected chi connectivity index (χ3v) is 8.10. The van der Waals surface area contributed by atoms with Gasteiger partial charge in [-0.25, -0.2) is 9.18 Å². The van der Waals surface area contributed by atoms with Gasteiger partial charge in [-0.3, -0.25) is 23.7 Å². The summed E-state index contributed by atoms with van der Waals surface area (Å²) in [7, 11) is -3.32. The SMILES string of the molecule is CC(C(=O)OC1CCCCC1)N(Oc1ccccc1)[PH](=O)OC[C@H]1O[C@@H](n2ccc(=O)[nH]c2=O)[C@](C)(F)[C@@H]1O. The second kappa shape index (κ2) is 12.6. The van der Waals surface area contributed by atoms with E-state index in [4.69, 9.17) is 18.8 Å². The number of hydrogen-bond acceptors (Lipinski definition) is 9. The number of rotatable bonds is 10. The summed E-state index contributed by atoms with van der Waals surface area (Å²) in [5, 5.41) is 10.6. The number of alkyl halides is 1. The molecule has 1 aromatic carbocycles. The lowest BCUT2D eigenvalue weighted by Crippen LogP contribution is -2.43. The third-order valence-electron chi connectivity index (χ3n) is 6.85. The lowest BCUT2D eigenvalue weighted by atomic mass is 9.98. The maximum absolute atomic E-state index is 15.5. The fraction of sp³-hybridized carbons (Fsp3) is 0.560. The molecule has 4 rings (SSSR count). The Labute approximate surface area is 224 Å². The summed E-state index contributed by atoms with van der Waals surface area (Å²) in [6.07, 6.45) is 0.635. The van der Waals surface area contributed by atoms with Crippen molar-refractivity contribution in [1.29, 1.82) is 0 Å². The molecule has 214 valence electrons. The topological polar surface area (TPSA) is 149 Å². The highest BCUT2D eigenvalue weighted by molar-refractivity contribution is 7.36. The smallest absolute Gasteiger partial charge is 0.330 e. The summed E-state index contributed by atoms with van der Waals surface area (Å²) in [6, 6.07) is 8.25. The number of ether oxygens (including phenoxy) is 2. The van der Waals surface area contributed by atoms with Gasteiger partial charge < -0.3 is 23.9 Å². The van der Waals surface area contributed by atoms with Crippen LogP contribution in [0.3, 0.4) is 0 Å². The van der Waals surface area contributed by atoms with Gasteiger partial charge in [0, 0.05) is 12.3 Å². The Bertz CT molecular complexity index is 1270. The maximum Gasteiger partial charge on any atom is 0.330 e. The van der Waals surface area contributed by atoms with Crippen LogP contribution in [0.1, 0.15) is 52.2 Å². The minimum Gasteiger partial charge on any atom is -0.461 e. The van der Waals surface area contributed by atoms with Gasteiger partial charge in [-0.1, -0.05) is 29.5 Å². The molecule has 2 unspecified atom stereocenters. The van der Waals surface area contributed by atoms with E-state index in [0.29, 0.717) is 5.75 Å². The van der Waals surface area contributed by atoms with E-state index < -0.39 is 62.2 Å². The Morgan fingerprint density at radius 2 is 1.95 bits per heavy atom. The van der Waals surface area contributed by atoms with Crippen LogP contribution in [0.4, 0.5) is 4.39 Å². The van der Waals surface area contributed by atoms with Gasteiger partial charge in [-0.2, -0.15) is 0 Å². The molecular formula is C25H33FN3O9P. The molecule has 1 saturated carbocycles. The molecule has 2 N–H and O–H groups in total. The second-order valence-electron chi connectivity index (χ2n) is 9.82. The first kappa shape index (κ1) is 29.2. The molecule has 0 spiro atoms. The van der Waals surface area contributed by atoms with E-state index in [9.17, 15) is 24.1 Å². The van der Waals surface area contributed by atoms with Gasteiger partial charge in [0.05, 0.1) is 6.61 Å². The van der Waals surface area contributed by atoms with Gasteiger partial charge in [0.1, 0.15) is 30.1 Å². The van der Waals surface area contributed by atoms with E-state index in [1.165, 1.54) is 6.92 Å². The minimum absolute atomic E-state index is 0.229. The number of aliphatic hydroxyl groups is 1. The number of aromatic nitrogens is 2. The van der Waals surface area contributed by atoms with Crippen LogP contribution in [0.25, 0.3) is 0 Å². The fourth-order valence-corrected chi connectivity index (χ4v) is 5.63. The predicted octanol–water partition coefficient (Wildman–Crippen LogP) is 2.49. The van der Waals surface area contributed by atoms with Gasteiger partial charge in [0.2, 0.25) is 0 Å². The number of hydroxylamine groups is 1. The van der Waals surface area contributed by atoms with Crippen molar-refractivity contribution in [3.63, 3.8) is 0 Å². The molecule has 2 aromatic rings. The lowest BCUT2D eigenvalue weighted by Gasteiger charge is -2.29. The standard InChI is InChI=1S/C25H33FN3O9P/c1-16(22(32)36-17-9-5-3-6-10-17)29(38-18-11-7-4-8-12-18)39(34)35-15-19-21(31)25(2,26)23(37-19)28-14-13-20(30)27-24(28)33/h4,7-8,11-14,16-17,19,21,23,31,39H,3,5-6,9-10,15H2,1-2H3,(H,27,30,33)/t16?,19-,21-,23-,25-/m1/s1. The highest BCUT2D eigenvalue weighted by Gasteiger charge is 2.55. The van der Waals surface area contributed by atoms with Crippen LogP contribution >= 0.6 is 8.18 Å². The number of para-hydroxylation sites is 1. The second-order valence-corrected chi connectivity index (χ2v) is 11.1. The van der Waals surface area contributed by atoms with Crippen LogP contribution in [0.2, 0.25) is 0 Å². The maximum atomic E-state index is 15.5. The van der Waals surface area contributed by atoms with Crippen LogP contribution in [-0.4, -0.2) is 62.1 Å². The number of hydrogen-bond donors (Lipinski definition) is 2. The van der Waals surface area contributed by atoms with Crippen molar-refractivity contribution in [2.45, 2.75) is 82.2 Å². The van der Waals surface area contributed by atoms with E-state index in [1.54, 1.807) is 30.3 Å². The molecule has 0 radical (unpaired) electrons. The van der Waals surface area contributed by atoms with Crippen molar-refractivity contribution in [3.8, 4) is 5.75 Å². The van der Waals surface area contributed by atoms with Crippen LogP contribution in [-0.2, 0) is 23.4 Å². The summed E-state index contributed by atoms with van der Waals surface area (Å²) >= 11 is 0. The van der Waals surface area contributed by atoms with Crippen molar-refractivity contribution < 1.29 is 37.7 Å². The Morgan fingerprint density at radius 3 is 2.62 bits per heavy atom. The number of aromatic amines is 1. The molecule has 1 aliphatic heterocycles. The van der Waals surface area contributed by atoms with Crippen LogP contribution in [0.15, 0.2) is 52.2 Å². The monoisotopic (exact) mass is 569 g/mol. The molecule has 14 heteroatoms. The number of carbonyl (C=O) groups excluding carboxylic acids is 1. The highest BCUT2D eigenvalue weighted by Crippen LogP contribution is 2.42. The van der Waals surface area contributed by atoms with E-state index >= 15 is 4.39 Å². The number of esters is 1. The van der Waals surface area contributed by atoms with Crippen LogP contribution in [0.5, 0.6) is 5.75 Å². The first-order valence-corrected chi connectivity index (χ1v) is 14.1. The normalized spacial score (nSPS) is 27.3. The van der Waals surface area contributed by atoms with Crippen molar-refractivity contribution in [2.24, 2.45) is 0 Å². The molecule has 1 aliphatic carbocycles. The van der Waals surface area contributed by atoms with E-state index in [0.717, 1.165) is 60.7 Å². The van der Waals surface area contributed by atoms with Gasteiger partial charge in [0.25, 0.3) is 13.7 Å². The first-order chi connectivity index (χ1) is 18.6. The van der Waals surface area contributed by atoms with Gasteiger partial charge >= 0.3 is 11.7 Å². The van der Waals surface area contributed by atoms with E-state index in [1.807, 2.05) is 4.98 Å². The predicted molar refractivity (Wildman–Crippen MR) is 137 cm³/mol. The Balaban J connectivity index is 1.46. The third kappa shape index (κ3) is 6.85. The average molecular weight is 570 g/mol.